The molecule has 0 aliphatic heterocycles. The minimum Gasteiger partial charge on any atom is -0.502 e. The van der Waals surface area contributed by atoms with Gasteiger partial charge in [-0.25, -0.2) is 4.79 Å². The second-order valence-corrected chi connectivity index (χ2v) is 5.20. The predicted octanol–water partition coefficient (Wildman–Crippen LogP) is 1.53. The van der Waals surface area contributed by atoms with Gasteiger partial charge in [0, 0.05) is 12.0 Å². The molecule has 0 bridgehead atoms. The number of phenols is 1. The Hall–Kier alpha value is -2.54. The van der Waals surface area contributed by atoms with E-state index in [1.807, 2.05) is 0 Å². The average Bonchev–Trinajstić information content (AvgIpc) is 2.51. The average molecular weight is 322 g/mol. The molecule has 1 atom stereocenters. The van der Waals surface area contributed by atoms with Crippen LogP contribution in [0.3, 0.4) is 0 Å². The lowest BCUT2D eigenvalue weighted by Crippen LogP contribution is -2.16. The third kappa shape index (κ3) is 2.87. The normalized spacial score (nSPS) is 12.2. The maximum absolute atomic E-state index is 12.6. The summed E-state index contributed by atoms with van der Waals surface area (Å²) in [5.41, 5.74) is -0.443. The molecular formula is C16H18O7. The van der Waals surface area contributed by atoms with E-state index in [4.69, 9.17) is 9.15 Å². The summed E-state index contributed by atoms with van der Waals surface area (Å²) >= 11 is 0. The third-order valence-electron chi connectivity index (χ3n) is 3.54. The summed E-state index contributed by atoms with van der Waals surface area (Å²) in [5.74, 6) is -0.924. The molecule has 0 aliphatic carbocycles. The number of rotatable bonds is 4. The Morgan fingerprint density at radius 1 is 1.39 bits per heavy atom. The topological polar surface area (TPSA) is 106 Å². The summed E-state index contributed by atoms with van der Waals surface area (Å²) in [7, 11) is 2.49. The number of esters is 1. The Bertz CT molecular complexity index is 818. The van der Waals surface area contributed by atoms with Crippen LogP contribution in [0.25, 0.3) is 11.0 Å². The zero-order chi connectivity index (χ0) is 17.3. The molecule has 1 aromatic heterocycles. The van der Waals surface area contributed by atoms with Gasteiger partial charge in [0.15, 0.2) is 16.8 Å². The zero-order valence-electron chi connectivity index (χ0n) is 13.3. The van der Waals surface area contributed by atoms with E-state index in [2.05, 4.69) is 4.74 Å². The molecule has 7 nitrogen and oxygen atoms in total. The number of carbonyl (C=O) groups excluding carboxylic acids is 1. The third-order valence-corrected chi connectivity index (χ3v) is 3.54. The van der Waals surface area contributed by atoms with Crippen molar-refractivity contribution < 1.29 is 28.9 Å². The van der Waals surface area contributed by atoms with Gasteiger partial charge in [0.1, 0.15) is 5.76 Å². The van der Waals surface area contributed by atoms with E-state index in [0.717, 1.165) is 0 Å². The van der Waals surface area contributed by atoms with Gasteiger partial charge >= 0.3 is 5.97 Å². The summed E-state index contributed by atoms with van der Waals surface area (Å²) in [6, 6.07) is 1.23. The van der Waals surface area contributed by atoms with E-state index >= 15 is 0 Å². The second-order valence-electron chi connectivity index (χ2n) is 5.20. The maximum Gasteiger partial charge on any atom is 0.338 e. The van der Waals surface area contributed by atoms with E-state index < -0.39 is 17.5 Å². The Morgan fingerprint density at radius 3 is 2.57 bits per heavy atom. The first-order chi connectivity index (χ1) is 10.8. The van der Waals surface area contributed by atoms with Crippen LogP contribution >= 0.6 is 0 Å². The fraction of sp³-hybridized carbons (Fsp3) is 0.375. The maximum atomic E-state index is 12.6. The molecule has 7 heteroatoms. The molecule has 0 aliphatic rings. The van der Waals surface area contributed by atoms with E-state index in [1.54, 1.807) is 6.92 Å². The highest BCUT2D eigenvalue weighted by Crippen LogP contribution is 2.37. The smallest absolute Gasteiger partial charge is 0.338 e. The van der Waals surface area contributed by atoms with Crippen LogP contribution in [-0.4, -0.2) is 36.5 Å². The molecule has 0 radical (unpaired) electrons. The first-order valence-electron chi connectivity index (χ1n) is 6.94. The highest BCUT2D eigenvalue weighted by atomic mass is 16.5. The number of fused-ring (bicyclic) bond motifs is 1. The largest absolute Gasteiger partial charge is 0.502 e. The SMILES string of the molecule is COC(=O)c1cc(OC)c(O)c2oc(C[C@H](C)O)c(C)c(=O)c12. The molecule has 2 rings (SSSR count). The van der Waals surface area contributed by atoms with Crippen molar-refractivity contribution in [1.82, 2.24) is 0 Å². The minimum atomic E-state index is -0.747. The Morgan fingerprint density at radius 2 is 2.04 bits per heavy atom. The molecule has 0 saturated heterocycles. The monoisotopic (exact) mass is 322 g/mol. The van der Waals surface area contributed by atoms with E-state index in [0.29, 0.717) is 0 Å². The van der Waals surface area contributed by atoms with Gasteiger partial charge < -0.3 is 24.1 Å². The number of carbonyl (C=O) groups is 1. The molecule has 2 N–H and O–H groups in total. The molecule has 0 amide bonds. The zero-order valence-corrected chi connectivity index (χ0v) is 13.3. The van der Waals surface area contributed by atoms with Crippen LogP contribution in [0.1, 0.15) is 28.6 Å². The molecule has 1 aromatic carbocycles. The number of hydrogen-bond acceptors (Lipinski definition) is 7. The molecule has 0 unspecified atom stereocenters. The van der Waals surface area contributed by atoms with Gasteiger partial charge in [0.2, 0.25) is 5.75 Å². The fourth-order valence-corrected chi connectivity index (χ4v) is 2.35. The van der Waals surface area contributed by atoms with Gasteiger partial charge in [-0.3, -0.25) is 4.79 Å². The van der Waals surface area contributed by atoms with Crippen molar-refractivity contribution in [3.05, 3.63) is 33.2 Å². The standard InChI is InChI=1S/C16H18O7/c1-7(17)5-10-8(2)13(18)12-9(16(20)22-4)6-11(21-3)14(19)15(12)23-10/h6-7,17,19H,5H2,1-4H3/t7-/m0/s1. The Balaban J connectivity index is 2.94. The number of phenolic OH excluding ortho intramolecular Hbond substituents is 1. The number of hydrogen-bond donors (Lipinski definition) is 2. The van der Waals surface area contributed by atoms with Crippen LogP contribution in [0, 0.1) is 6.92 Å². The Labute approximate surface area is 132 Å². The number of benzene rings is 1. The van der Waals surface area contributed by atoms with Crippen molar-refractivity contribution in [2.24, 2.45) is 0 Å². The summed E-state index contributed by atoms with van der Waals surface area (Å²) < 4.78 is 15.3. The molecule has 23 heavy (non-hydrogen) atoms. The molecule has 2 aromatic rings. The minimum absolute atomic E-state index is 0.0205. The van der Waals surface area contributed by atoms with Gasteiger partial charge in [0.05, 0.1) is 31.3 Å². The van der Waals surface area contributed by atoms with Gasteiger partial charge in [-0.05, 0) is 19.9 Å². The predicted molar refractivity (Wildman–Crippen MR) is 82.2 cm³/mol. The van der Waals surface area contributed by atoms with E-state index in [9.17, 15) is 19.8 Å². The quantitative estimate of drug-likeness (QED) is 0.822. The van der Waals surface area contributed by atoms with Gasteiger partial charge in [-0.15, -0.1) is 0 Å². The summed E-state index contributed by atoms with van der Waals surface area (Å²) in [6.07, 6.45) is -0.636. The Kier molecular flexibility index (Phi) is 4.60. The lowest BCUT2D eigenvalue weighted by atomic mass is 10.0. The molecule has 0 spiro atoms. The van der Waals surface area contributed by atoms with Gasteiger partial charge in [-0.1, -0.05) is 0 Å². The van der Waals surface area contributed by atoms with Crippen LogP contribution in [0.2, 0.25) is 0 Å². The highest BCUT2D eigenvalue weighted by Gasteiger charge is 2.24. The van der Waals surface area contributed by atoms with Gasteiger partial charge in [-0.2, -0.15) is 0 Å². The number of ether oxygens (including phenoxy) is 2. The fourth-order valence-electron chi connectivity index (χ4n) is 2.35. The number of aliphatic hydroxyl groups is 1. The van der Waals surface area contributed by atoms with Crippen LogP contribution < -0.4 is 10.2 Å². The van der Waals surface area contributed by atoms with E-state index in [-0.39, 0.29) is 45.8 Å². The summed E-state index contributed by atoms with van der Waals surface area (Å²) in [5, 5.41) is 19.7. The molecular weight excluding hydrogens is 304 g/mol. The lowest BCUT2D eigenvalue weighted by Gasteiger charge is -2.13. The lowest BCUT2D eigenvalue weighted by molar-refractivity contribution is 0.0602. The molecule has 0 saturated carbocycles. The van der Waals surface area contributed by atoms with Gasteiger partial charge in [0.25, 0.3) is 0 Å². The number of aromatic hydroxyl groups is 1. The number of aliphatic hydroxyl groups excluding tert-OH is 1. The first kappa shape index (κ1) is 16.8. The van der Waals surface area contributed by atoms with Crippen molar-refractivity contribution in [3.63, 3.8) is 0 Å². The van der Waals surface area contributed by atoms with Crippen molar-refractivity contribution >= 4 is 16.9 Å². The highest BCUT2D eigenvalue weighted by molar-refractivity contribution is 6.05. The number of methoxy groups -OCH3 is 2. The van der Waals surface area contributed by atoms with E-state index in [1.165, 1.54) is 27.2 Å². The summed E-state index contributed by atoms with van der Waals surface area (Å²) in [6.45, 7) is 3.08. The van der Waals surface area contributed by atoms with Crippen LogP contribution in [0.15, 0.2) is 15.3 Å². The first-order valence-corrected chi connectivity index (χ1v) is 6.94. The summed E-state index contributed by atoms with van der Waals surface area (Å²) in [4.78, 5) is 24.6. The van der Waals surface area contributed by atoms with Crippen molar-refractivity contribution in [2.45, 2.75) is 26.4 Å². The molecule has 1 heterocycles. The second kappa shape index (κ2) is 6.29. The van der Waals surface area contributed by atoms with Crippen molar-refractivity contribution in [1.29, 1.82) is 0 Å². The van der Waals surface area contributed by atoms with Crippen molar-refractivity contribution in [2.75, 3.05) is 14.2 Å². The van der Waals surface area contributed by atoms with Crippen molar-refractivity contribution in [3.8, 4) is 11.5 Å². The molecule has 124 valence electrons. The van der Waals surface area contributed by atoms with Crippen LogP contribution in [-0.2, 0) is 11.2 Å². The van der Waals surface area contributed by atoms with Crippen LogP contribution in [0.5, 0.6) is 11.5 Å². The van der Waals surface area contributed by atoms with Crippen LogP contribution in [0.4, 0.5) is 0 Å². The molecule has 0 fully saturated rings.